The molecule has 1 aromatic heterocycles. The molecule has 18 heavy (non-hydrogen) atoms. The number of H-pyrrole nitrogens is 1. The zero-order valence-corrected chi connectivity index (χ0v) is 10.2. The summed E-state index contributed by atoms with van der Waals surface area (Å²) in [6.45, 7) is 1.78. The minimum atomic E-state index is 0.882. The minimum Gasteiger partial charge on any atom is -0.361 e. The summed E-state index contributed by atoms with van der Waals surface area (Å²) in [7, 11) is 0. The van der Waals surface area contributed by atoms with Gasteiger partial charge in [0, 0.05) is 24.8 Å². The van der Waals surface area contributed by atoms with E-state index in [2.05, 4.69) is 58.8 Å². The zero-order chi connectivity index (χ0) is 12.2. The van der Waals surface area contributed by atoms with Crippen molar-refractivity contribution in [3.05, 3.63) is 71.9 Å². The molecule has 0 saturated heterocycles. The molecule has 2 aromatic carbocycles. The predicted molar refractivity (Wildman–Crippen MR) is 75.3 cm³/mol. The van der Waals surface area contributed by atoms with Gasteiger partial charge in [0.05, 0.1) is 0 Å². The average Bonchev–Trinajstić information content (AvgIpc) is 2.89. The highest BCUT2D eigenvalue weighted by atomic mass is 14.9. The van der Waals surface area contributed by atoms with Crippen LogP contribution < -0.4 is 5.32 Å². The van der Waals surface area contributed by atoms with Gasteiger partial charge in [-0.25, -0.2) is 0 Å². The molecule has 0 aliphatic heterocycles. The monoisotopic (exact) mass is 236 g/mol. The molecule has 0 aliphatic rings. The molecule has 3 aromatic rings. The molecule has 2 nitrogen and oxygen atoms in total. The molecule has 0 radical (unpaired) electrons. The van der Waals surface area contributed by atoms with Gasteiger partial charge >= 0.3 is 0 Å². The number of aromatic amines is 1. The number of para-hydroxylation sites is 1. The number of hydrogen-bond donors (Lipinski definition) is 2. The molecule has 0 bridgehead atoms. The largest absolute Gasteiger partial charge is 0.361 e. The molecule has 0 unspecified atom stereocenters. The van der Waals surface area contributed by atoms with Crippen molar-refractivity contribution in [2.45, 2.75) is 13.1 Å². The van der Waals surface area contributed by atoms with Gasteiger partial charge in [0.25, 0.3) is 0 Å². The third kappa shape index (κ3) is 2.29. The third-order valence-electron chi connectivity index (χ3n) is 3.16. The second-order valence-corrected chi connectivity index (χ2v) is 4.45. The number of nitrogens with one attached hydrogen (secondary N) is 2. The van der Waals surface area contributed by atoms with Gasteiger partial charge in [-0.1, -0.05) is 48.5 Å². The molecule has 1 heterocycles. The van der Waals surface area contributed by atoms with Crippen LogP contribution >= 0.6 is 0 Å². The topological polar surface area (TPSA) is 27.8 Å². The number of aromatic nitrogens is 1. The lowest BCUT2D eigenvalue weighted by molar-refractivity contribution is 0.696. The van der Waals surface area contributed by atoms with Crippen LogP contribution in [0.5, 0.6) is 0 Å². The third-order valence-corrected chi connectivity index (χ3v) is 3.16. The van der Waals surface area contributed by atoms with E-state index in [1.165, 1.54) is 22.0 Å². The van der Waals surface area contributed by atoms with Crippen molar-refractivity contribution in [2.24, 2.45) is 0 Å². The Bertz CT molecular complexity index is 626. The Morgan fingerprint density at radius 1 is 0.833 bits per heavy atom. The molecular formula is C16H16N2. The van der Waals surface area contributed by atoms with E-state index in [1.54, 1.807) is 0 Å². The van der Waals surface area contributed by atoms with Crippen molar-refractivity contribution in [3.8, 4) is 0 Å². The Morgan fingerprint density at radius 3 is 2.61 bits per heavy atom. The summed E-state index contributed by atoms with van der Waals surface area (Å²) in [5.74, 6) is 0. The molecule has 2 heteroatoms. The summed E-state index contributed by atoms with van der Waals surface area (Å²) in [6.07, 6.45) is 1.99. The van der Waals surface area contributed by atoms with Crippen molar-refractivity contribution in [1.82, 2.24) is 10.3 Å². The Hall–Kier alpha value is -2.06. The summed E-state index contributed by atoms with van der Waals surface area (Å²) in [5, 5.41) is 4.75. The average molecular weight is 236 g/mol. The first-order chi connectivity index (χ1) is 8.93. The van der Waals surface area contributed by atoms with E-state index in [4.69, 9.17) is 0 Å². The first kappa shape index (κ1) is 11.1. The molecule has 0 amide bonds. The second kappa shape index (κ2) is 5.07. The highest BCUT2D eigenvalue weighted by molar-refractivity contribution is 5.82. The summed E-state index contributed by atoms with van der Waals surface area (Å²) in [4.78, 5) is 3.30. The van der Waals surface area contributed by atoms with E-state index in [9.17, 15) is 0 Å². The van der Waals surface area contributed by atoms with E-state index >= 15 is 0 Å². The lowest BCUT2D eigenvalue weighted by Gasteiger charge is -2.06. The summed E-state index contributed by atoms with van der Waals surface area (Å²) in [6, 6.07) is 19.0. The Morgan fingerprint density at radius 2 is 1.72 bits per heavy atom. The van der Waals surface area contributed by atoms with Crippen LogP contribution in [0, 0.1) is 0 Å². The van der Waals surface area contributed by atoms with E-state index in [-0.39, 0.29) is 0 Å². The SMILES string of the molecule is c1ccc(CNCc2cccc3cc[nH]c23)cc1. The van der Waals surface area contributed by atoms with Crippen molar-refractivity contribution in [1.29, 1.82) is 0 Å². The van der Waals surface area contributed by atoms with Gasteiger partial charge in [0.2, 0.25) is 0 Å². The van der Waals surface area contributed by atoms with Crippen molar-refractivity contribution in [2.75, 3.05) is 0 Å². The summed E-state index contributed by atoms with van der Waals surface area (Å²) < 4.78 is 0. The molecule has 90 valence electrons. The van der Waals surface area contributed by atoms with Crippen LogP contribution in [0.4, 0.5) is 0 Å². The first-order valence-electron chi connectivity index (χ1n) is 6.23. The van der Waals surface area contributed by atoms with Gasteiger partial charge in [-0.2, -0.15) is 0 Å². The van der Waals surface area contributed by atoms with Crippen molar-refractivity contribution >= 4 is 10.9 Å². The maximum Gasteiger partial charge on any atom is 0.0499 e. The first-order valence-corrected chi connectivity index (χ1v) is 6.23. The highest BCUT2D eigenvalue weighted by Crippen LogP contribution is 2.16. The molecular weight excluding hydrogens is 220 g/mol. The smallest absolute Gasteiger partial charge is 0.0499 e. The van der Waals surface area contributed by atoms with Gasteiger partial charge in [-0.3, -0.25) is 0 Å². The van der Waals surface area contributed by atoms with Gasteiger partial charge in [-0.05, 0) is 22.6 Å². The lowest BCUT2D eigenvalue weighted by Crippen LogP contribution is -2.12. The molecule has 0 aliphatic carbocycles. The van der Waals surface area contributed by atoms with E-state index in [0.29, 0.717) is 0 Å². The van der Waals surface area contributed by atoms with Crippen LogP contribution in [-0.2, 0) is 13.1 Å². The summed E-state index contributed by atoms with van der Waals surface area (Å²) >= 11 is 0. The normalized spacial score (nSPS) is 10.9. The second-order valence-electron chi connectivity index (χ2n) is 4.45. The fourth-order valence-corrected chi connectivity index (χ4v) is 2.23. The number of benzene rings is 2. The quantitative estimate of drug-likeness (QED) is 0.713. The van der Waals surface area contributed by atoms with Gasteiger partial charge in [0.15, 0.2) is 0 Å². The standard InChI is InChI=1S/C16H16N2/c1-2-5-13(6-3-1)11-17-12-15-8-4-7-14-9-10-18-16(14)15/h1-10,17-18H,11-12H2. The highest BCUT2D eigenvalue weighted by Gasteiger charge is 2.00. The maximum atomic E-state index is 3.48. The fraction of sp³-hybridized carbons (Fsp3) is 0.125. The van der Waals surface area contributed by atoms with Crippen molar-refractivity contribution in [3.63, 3.8) is 0 Å². The molecule has 3 rings (SSSR count). The van der Waals surface area contributed by atoms with Crippen molar-refractivity contribution < 1.29 is 0 Å². The molecule has 0 fully saturated rings. The molecule has 0 atom stereocenters. The Labute approximate surface area is 107 Å². The minimum absolute atomic E-state index is 0.882. The maximum absolute atomic E-state index is 3.48. The lowest BCUT2D eigenvalue weighted by atomic mass is 10.1. The van der Waals surface area contributed by atoms with Crippen LogP contribution in [-0.4, -0.2) is 4.98 Å². The summed E-state index contributed by atoms with van der Waals surface area (Å²) in [5.41, 5.74) is 3.86. The van der Waals surface area contributed by atoms with Crippen LogP contribution in [0.3, 0.4) is 0 Å². The van der Waals surface area contributed by atoms with E-state index in [0.717, 1.165) is 13.1 Å². The Kier molecular flexibility index (Phi) is 3.11. The fourth-order valence-electron chi connectivity index (χ4n) is 2.23. The number of rotatable bonds is 4. The van der Waals surface area contributed by atoms with Crippen LogP contribution in [0.1, 0.15) is 11.1 Å². The van der Waals surface area contributed by atoms with Gasteiger partial charge in [0.1, 0.15) is 0 Å². The van der Waals surface area contributed by atoms with E-state index in [1.807, 2.05) is 12.3 Å². The van der Waals surface area contributed by atoms with E-state index < -0.39 is 0 Å². The van der Waals surface area contributed by atoms with Crippen LogP contribution in [0.15, 0.2) is 60.8 Å². The molecule has 0 saturated carbocycles. The van der Waals surface area contributed by atoms with Gasteiger partial charge < -0.3 is 10.3 Å². The van der Waals surface area contributed by atoms with Crippen LogP contribution in [0.2, 0.25) is 0 Å². The zero-order valence-electron chi connectivity index (χ0n) is 10.2. The van der Waals surface area contributed by atoms with Crippen LogP contribution in [0.25, 0.3) is 10.9 Å². The number of fused-ring (bicyclic) bond motifs is 1. The Balaban J connectivity index is 1.68. The van der Waals surface area contributed by atoms with Gasteiger partial charge in [-0.15, -0.1) is 0 Å². The molecule has 2 N–H and O–H groups in total. The number of hydrogen-bond acceptors (Lipinski definition) is 1. The molecule has 0 spiro atoms. The predicted octanol–water partition coefficient (Wildman–Crippen LogP) is 3.46.